The van der Waals surface area contributed by atoms with Crippen LogP contribution < -0.4 is 15.4 Å². The van der Waals surface area contributed by atoms with E-state index in [0.717, 1.165) is 24.3 Å². The van der Waals surface area contributed by atoms with Crippen LogP contribution in [0.3, 0.4) is 0 Å². The van der Waals surface area contributed by atoms with Crippen molar-refractivity contribution in [3.63, 3.8) is 0 Å². The second-order valence-electron chi connectivity index (χ2n) is 5.25. The number of carbonyl (C=O) groups excluding carboxylic acids is 1. The molecular weight excluding hydrogens is 276 g/mol. The van der Waals surface area contributed by atoms with Crippen molar-refractivity contribution in [1.29, 1.82) is 0 Å². The minimum Gasteiger partial charge on any atom is -0.497 e. The minimum absolute atomic E-state index is 0.110. The lowest BCUT2D eigenvalue weighted by Gasteiger charge is -2.15. The quantitative estimate of drug-likeness (QED) is 0.851. The average molecular weight is 298 g/mol. The first-order valence-electron chi connectivity index (χ1n) is 7.43. The van der Waals surface area contributed by atoms with E-state index in [4.69, 9.17) is 4.74 Å². The van der Waals surface area contributed by atoms with Crippen molar-refractivity contribution in [3.8, 4) is 5.75 Å². The molecule has 2 rings (SSSR count). The Hall–Kier alpha value is -2.49. The Bertz CT molecular complexity index is 582. The van der Waals surface area contributed by atoms with Gasteiger partial charge in [-0.05, 0) is 49.6 Å². The summed E-state index contributed by atoms with van der Waals surface area (Å²) in [7, 11) is 1.61. The van der Waals surface area contributed by atoms with Gasteiger partial charge in [-0.1, -0.05) is 30.3 Å². The monoisotopic (exact) mass is 298 g/mol. The highest BCUT2D eigenvalue weighted by Crippen LogP contribution is 2.14. The number of urea groups is 1. The summed E-state index contributed by atoms with van der Waals surface area (Å²) in [5, 5.41) is 5.76. The summed E-state index contributed by atoms with van der Waals surface area (Å²) < 4.78 is 5.08. The van der Waals surface area contributed by atoms with Crippen LogP contribution in [0.25, 0.3) is 0 Å². The summed E-state index contributed by atoms with van der Waals surface area (Å²) in [4.78, 5) is 11.9. The molecule has 0 bridgehead atoms. The van der Waals surface area contributed by atoms with E-state index >= 15 is 0 Å². The number of carbonyl (C=O) groups is 1. The van der Waals surface area contributed by atoms with E-state index in [1.165, 1.54) is 5.56 Å². The molecule has 116 valence electrons. The third-order valence-electron chi connectivity index (χ3n) is 3.43. The highest BCUT2D eigenvalue weighted by Gasteiger charge is 2.07. The second-order valence-corrected chi connectivity index (χ2v) is 5.25. The van der Waals surface area contributed by atoms with Crippen molar-refractivity contribution in [1.82, 2.24) is 5.32 Å². The first-order valence-corrected chi connectivity index (χ1v) is 7.43. The first kappa shape index (κ1) is 15.9. The predicted molar refractivity (Wildman–Crippen MR) is 89.4 cm³/mol. The molecule has 0 aliphatic heterocycles. The minimum atomic E-state index is -0.189. The van der Waals surface area contributed by atoms with Gasteiger partial charge in [-0.25, -0.2) is 4.79 Å². The van der Waals surface area contributed by atoms with Gasteiger partial charge in [-0.15, -0.1) is 0 Å². The molecule has 0 saturated carbocycles. The largest absolute Gasteiger partial charge is 0.497 e. The normalized spacial score (nSPS) is 11.5. The lowest BCUT2D eigenvalue weighted by Crippen LogP contribution is -2.36. The Morgan fingerprint density at radius 1 is 1.09 bits per heavy atom. The van der Waals surface area contributed by atoms with Gasteiger partial charge in [0.1, 0.15) is 5.75 Å². The zero-order valence-corrected chi connectivity index (χ0v) is 13.0. The maximum absolute atomic E-state index is 11.9. The smallest absolute Gasteiger partial charge is 0.319 e. The van der Waals surface area contributed by atoms with E-state index in [-0.39, 0.29) is 12.1 Å². The van der Waals surface area contributed by atoms with Crippen LogP contribution in [0.4, 0.5) is 10.5 Å². The third kappa shape index (κ3) is 5.13. The van der Waals surface area contributed by atoms with Crippen molar-refractivity contribution in [2.45, 2.75) is 25.8 Å². The van der Waals surface area contributed by atoms with Crippen LogP contribution in [0.5, 0.6) is 5.75 Å². The van der Waals surface area contributed by atoms with Crippen LogP contribution in [0, 0.1) is 0 Å². The van der Waals surface area contributed by atoms with Gasteiger partial charge >= 0.3 is 6.03 Å². The van der Waals surface area contributed by atoms with Gasteiger partial charge in [0, 0.05) is 11.7 Å². The molecule has 2 aromatic rings. The Morgan fingerprint density at radius 3 is 2.41 bits per heavy atom. The topological polar surface area (TPSA) is 50.4 Å². The van der Waals surface area contributed by atoms with E-state index < -0.39 is 0 Å². The second kappa shape index (κ2) is 8.08. The predicted octanol–water partition coefficient (Wildman–Crippen LogP) is 3.84. The molecule has 2 aromatic carbocycles. The van der Waals surface area contributed by atoms with Gasteiger partial charge < -0.3 is 15.4 Å². The fourth-order valence-electron chi connectivity index (χ4n) is 2.17. The van der Waals surface area contributed by atoms with Gasteiger partial charge in [0.25, 0.3) is 0 Å². The molecule has 0 heterocycles. The molecular formula is C18H22N2O2. The van der Waals surface area contributed by atoms with Crippen LogP contribution in [-0.4, -0.2) is 19.2 Å². The van der Waals surface area contributed by atoms with Crippen LogP contribution >= 0.6 is 0 Å². The van der Waals surface area contributed by atoms with Crippen LogP contribution in [0.2, 0.25) is 0 Å². The van der Waals surface area contributed by atoms with E-state index in [0.29, 0.717) is 0 Å². The summed E-state index contributed by atoms with van der Waals surface area (Å²) in [5.74, 6) is 0.766. The van der Waals surface area contributed by atoms with Gasteiger partial charge in [-0.3, -0.25) is 0 Å². The lowest BCUT2D eigenvalue weighted by atomic mass is 10.1. The number of hydrogen-bond donors (Lipinski definition) is 2. The molecule has 0 aliphatic carbocycles. The molecule has 4 nitrogen and oxygen atoms in total. The third-order valence-corrected chi connectivity index (χ3v) is 3.43. The number of nitrogens with one attached hydrogen (secondary N) is 2. The summed E-state index contributed by atoms with van der Waals surface area (Å²) in [6.45, 7) is 2.01. The zero-order valence-electron chi connectivity index (χ0n) is 13.0. The number of benzene rings is 2. The summed E-state index contributed by atoms with van der Waals surface area (Å²) in [6.07, 6.45) is 1.85. The molecule has 2 amide bonds. The highest BCUT2D eigenvalue weighted by molar-refractivity contribution is 5.89. The Kier molecular flexibility index (Phi) is 5.83. The number of ether oxygens (including phenoxy) is 1. The lowest BCUT2D eigenvalue weighted by molar-refractivity contribution is 0.248. The fraction of sp³-hybridized carbons (Fsp3) is 0.278. The molecule has 2 N–H and O–H groups in total. The van der Waals surface area contributed by atoms with Gasteiger partial charge in [-0.2, -0.15) is 0 Å². The molecule has 0 aromatic heterocycles. The maximum Gasteiger partial charge on any atom is 0.319 e. The number of aryl methyl sites for hydroxylation is 1. The standard InChI is InChI=1S/C18H22N2O2/c1-14(8-9-15-6-4-3-5-7-15)19-18(21)20-16-10-12-17(22-2)13-11-16/h3-7,10-14H,8-9H2,1-2H3,(H2,19,20,21)/t14-/m0/s1. The van der Waals surface area contributed by atoms with Gasteiger partial charge in [0.15, 0.2) is 0 Å². The Labute approximate surface area is 131 Å². The molecule has 0 fully saturated rings. The van der Waals surface area contributed by atoms with E-state index in [2.05, 4.69) is 22.8 Å². The molecule has 0 spiro atoms. The molecule has 1 atom stereocenters. The van der Waals surface area contributed by atoms with Crippen LogP contribution in [0.15, 0.2) is 54.6 Å². The van der Waals surface area contributed by atoms with E-state index in [9.17, 15) is 4.79 Å². The molecule has 0 unspecified atom stereocenters. The number of rotatable bonds is 6. The van der Waals surface area contributed by atoms with Gasteiger partial charge in [0.05, 0.1) is 7.11 Å². The number of methoxy groups -OCH3 is 1. The Balaban J connectivity index is 1.75. The van der Waals surface area contributed by atoms with Crippen molar-refractivity contribution < 1.29 is 9.53 Å². The van der Waals surface area contributed by atoms with Crippen LogP contribution in [-0.2, 0) is 6.42 Å². The molecule has 0 radical (unpaired) electrons. The van der Waals surface area contributed by atoms with Crippen molar-refractivity contribution in [2.75, 3.05) is 12.4 Å². The average Bonchev–Trinajstić information content (AvgIpc) is 2.54. The number of hydrogen-bond acceptors (Lipinski definition) is 2. The van der Waals surface area contributed by atoms with Crippen LogP contribution in [0.1, 0.15) is 18.9 Å². The summed E-state index contributed by atoms with van der Waals surface area (Å²) in [5.41, 5.74) is 2.03. The van der Waals surface area contributed by atoms with E-state index in [1.54, 1.807) is 7.11 Å². The molecule has 0 saturated heterocycles. The van der Waals surface area contributed by atoms with Crippen molar-refractivity contribution in [2.24, 2.45) is 0 Å². The SMILES string of the molecule is COc1ccc(NC(=O)N[C@@H](C)CCc2ccccc2)cc1. The molecule has 4 heteroatoms. The van der Waals surface area contributed by atoms with Gasteiger partial charge in [0.2, 0.25) is 0 Å². The first-order chi connectivity index (χ1) is 10.7. The summed E-state index contributed by atoms with van der Waals surface area (Å²) in [6, 6.07) is 17.4. The van der Waals surface area contributed by atoms with Crippen molar-refractivity contribution >= 4 is 11.7 Å². The zero-order chi connectivity index (χ0) is 15.8. The van der Waals surface area contributed by atoms with E-state index in [1.807, 2.05) is 49.4 Å². The van der Waals surface area contributed by atoms with Crippen molar-refractivity contribution in [3.05, 3.63) is 60.2 Å². The Morgan fingerprint density at radius 2 is 1.77 bits per heavy atom. The molecule has 0 aliphatic rings. The highest BCUT2D eigenvalue weighted by atomic mass is 16.5. The number of amides is 2. The fourth-order valence-corrected chi connectivity index (χ4v) is 2.17. The maximum atomic E-state index is 11.9. The number of anilines is 1. The summed E-state index contributed by atoms with van der Waals surface area (Å²) >= 11 is 0. The molecule has 22 heavy (non-hydrogen) atoms.